The van der Waals surface area contributed by atoms with Gasteiger partial charge >= 0.3 is 85.5 Å². The van der Waals surface area contributed by atoms with Crippen LogP contribution in [0, 0.1) is 0 Å². The number of carboxylic acids is 1. The minimum absolute atomic E-state index is 0.208. The standard InChI is InChI=1S/C7H4ClO2.Hg/c8-6-4-2-1-3-5(6)7(9)10;/h1-3H,(H,9,10);. The first-order valence-electron chi connectivity index (χ1n) is 2.96. The summed E-state index contributed by atoms with van der Waals surface area (Å²) in [6.07, 6.45) is 0. The molecule has 0 heterocycles. The van der Waals surface area contributed by atoms with Crippen LogP contribution in [0.15, 0.2) is 18.2 Å². The molecule has 2 nitrogen and oxygen atoms in total. The summed E-state index contributed by atoms with van der Waals surface area (Å²) in [4.78, 5) is 10.5. The van der Waals surface area contributed by atoms with Crippen LogP contribution >= 0.6 is 11.6 Å². The van der Waals surface area contributed by atoms with Gasteiger partial charge in [0, 0.05) is 0 Å². The molecule has 0 saturated heterocycles. The van der Waals surface area contributed by atoms with Crippen molar-refractivity contribution in [3.05, 3.63) is 28.8 Å². The SMILES string of the molecule is O=C(O)c1ccc[c]([Hg])c1Cl. The number of benzene rings is 1. The van der Waals surface area contributed by atoms with Gasteiger partial charge in [-0.1, -0.05) is 0 Å². The van der Waals surface area contributed by atoms with Gasteiger partial charge < -0.3 is 0 Å². The fraction of sp³-hybridized carbons (Fsp3) is 0. The number of hydrogen-bond acceptors (Lipinski definition) is 1. The molecule has 4 heteroatoms. The normalized spacial score (nSPS) is 9.73. The van der Waals surface area contributed by atoms with Crippen LogP contribution in [-0.2, 0) is 26.1 Å². The maximum atomic E-state index is 10.5. The predicted octanol–water partition coefficient (Wildman–Crippen LogP) is 1.21. The third kappa shape index (κ3) is 1.94. The third-order valence-corrected chi connectivity index (χ3v) is 4.92. The summed E-state index contributed by atoms with van der Waals surface area (Å²) in [5.41, 5.74) is 0.208. The van der Waals surface area contributed by atoms with Crippen molar-refractivity contribution in [3.63, 3.8) is 0 Å². The Bertz CT molecular complexity index is 298. The van der Waals surface area contributed by atoms with Crippen molar-refractivity contribution in [2.75, 3.05) is 0 Å². The summed E-state index contributed by atoms with van der Waals surface area (Å²) < 4.78 is 0.978. The Morgan fingerprint density at radius 2 is 2.18 bits per heavy atom. The summed E-state index contributed by atoms with van der Waals surface area (Å²) in [7, 11) is 0. The zero-order valence-electron chi connectivity index (χ0n) is 5.67. The van der Waals surface area contributed by atoms with E-state index in [0.29, 0.717) is 31.1 Å². The summed E-state index contributed by atoms with van der Waals surface area (Å²) in [6.45, 7) is 0. The molecule has 0 spiro atoms. The number of carboxylic acid groups (broad SMARTS) is 1. The van der Waals surface area contributed by atoms with Crippen LogP contribution in [0.25, 0.3) is 0 Å². The van der Waals surface area contributed by atoms with Gasteiger partial charge in [-0.05, 0) is 0 Å². The van der Waals surface area contributed by atoms with Crippen molar-refractivity contribution in [1.82, 2.24) is 0 Å². The van der Waals surface area contributed by atoms with Crippen molar-refractivity contribution in [2.45, 2.75) is 0 Å². The first-order chi connectivity index (χ1) is 5.13. The second-order valence-corrected chi connectivity index (χ2v) is 5.42. The number of halogens is 1. The number of rotatable bonds is 1. The summed E-state index contributed by atoms with van der Waals surface area (Å²) in [6, 6.07) is 5.09. The van der Waals surface area contributed by atoms with Crippen LogP contribution in [0.1, 0.15) is 10.4 Å². The van der Waals surface area contributed by atoms with E-state index in [9.17, 15) is 4.79 Å². The van der Waals surface area contributed by atoms with Crippen LogP contribution in [-0.4, -0.2) is 11.1 Å². The fourth-order valence-corrected chi connectivity index (χ4v) is 2.22. The number of carbonyl (C=O) groups is 1. The zero-order chi connectivity index (χ0) is 8.43. The molecule has 0 radical (unpaired) electrons. The Kier molecular flexibility index (Phi) is 2.90. The molecule has 0 unspecified atom stereocenters. The maximum absolute atomic E-state index is 10.5. The van der Waals surface area contributed by atoms with Gasteiger partial charge in [-0.25, -0.2) is 0 Å². The van der Waals surface area contributed by atoms with Crippen LogP contribution in [0.4, 0.5) is 0 Å². The Balaban J connectivity index is 3.27. The predicted molar refractivity (Wildman–Crippen MR) is 38.0 cm³/mol. The topological polar surface area (TPSA) is 37.3 Å². The molecule has 0 aliphatic heterocycles. The van der Waals surface area contributed by atoms with Gasteiger partial charge in [-0.3, -0.25) is 0 Å². The van der Waals surface area contributed by atoms with E-state index in [2.05, 4.69) is 0 Å². The van der Waals surface area contributed by atoms with E-state index in [1.54, 1.807) is 6.07 Å². The first kappa shape index (κ1) is 9.01. The van der Waals surface area contributed by atoms with Crippen molar-refractivity contribution in [1.29, 1.82) is 0 Å². The number of aromatic carboxylic acids is 1. The van der Waals surface area contributed by atoms with Gasteiger partial charge in [-0.2, -0.15) is 0 Å². The van der Waals surface area contributed by atoms with Crippen molar-refractivity contribution < 1.29 is 36.0 Å². The molecule has 0 atom stereocenters. The van der Waals surface area contributed by atoms with Crippen molar-refractivity contribution in [3.8, 4) is 0 Å². The van der Waals surface area contributed by atoms with Gasteiger partial charge in [0.05, 0.1) is 0 Å². The zero-order valence-corrected chi connectivity index (χ0v) is 11.9. The molecule has 0 fully saturated rings. The molecule has 11 heavy (non-hydrogen) atoms. The molecule has 0 aliphatic rings. The Labute approximate surface area is 85.1 Å². The molecule has 0 aromatic heterocycles. The Morgan fingerprint density at radius 3 is 2.64 bits per heavy atom. The third-order valence-electron chi connectivity index (χ3n) is 1.31. The van der Waals surface area contributed by atoms with Crippen LogP contribution in [0.3, 0.4) is 0 Å². The molecular formula is C7H4ClHgO2. The molecule has 0 bridgehead atoms. The van der Waals surface area contributed by atoms with Gasteiger partial charge in [0.1, 0.15) is 0 Å². The molecule has 1 rings (SSSR count). The van der Waals surface area contributed by atoms with Crippen molar-refractivity contribution in [2.24, 2.45) is 0 Å². The van der Waals surface area contributed by atoms with Crippen LogP contribution in [0.5, 0.6) is 0 Å². The molecule has 1 N–H and O–H groups in total. The van der Waals surface area contributed by atoms with E-state index in [0.717, 1.165) is 3.07 Å². The molecule has 53 valence electrons. The Hall–Kier alpha value is -0.0849. The van der Waals surface area contributed by atoms with E-state index in [-0.39, 0.29) is 5.56 Å². The molecule has 0 aliphatic carbocycles. The molecule has 1 aromatic rings. The summed E-state index contributed by atoms with van der Waals surface area (Å²) in [5.74, 6) is -0.956. The van der Waals surface area contributed by atoms with Crippen LogP contribution < -0.4 is 3.07 Å². The minimum atomic E-state index is -0.956. The average molecular weight is 356 g/mol. The average Bonchev–Trinajstić information content (AvgIpc) is 1.94. The summed E-state index contributed by atoms with van der Waals surface area (Å²) >= 11 is 6.13. The number of hydrogen-bond donors (Lipinski definition) is 1. The molecule has 0 saturated carbocycles. The fourth-order valence-electron chi connectivity index (χ4n) is 0.745. The van der Waals surface area contributed by atoms with Gasteiger partial charge in [0.2, 0.25) is 0 Å². The van der Waals surface area contributed by atoms with E-state index < -0.39 is 5.97 Å². The monoisotopic (exact) mass is 357 g/mol. The summed E-state index contributed by atoms with van der Waals surface area (Å²) in [5, 5.41) is 9.03. The Morgan fingerprint density at radius 1 is 1.55 bits per heavy atom. The van der Waals surface area contributed by atoms with Crippen molar-refractivity contribution >= 4 is 20.6 Å². The van der Waals surface area contributed by atoms with Gasteiger partial charge in [-0.15, -0.1) is 0 Å². The molecule has 0 amide bonds. The first-order valence-corrected chi connectivity index (χ1v) is 6.09. The van der Waals surface area contributed by atoms with Gasteiger partial charge in [0.25, 0.3) is 0 Å². The second-order valence-electron chi connectivity index (χ2n) is 2.08. The van der Waals surface area contributed by atoms with E-state index >= 15 is 0 Å². The van der Waals surface area contributed by atoms with E-state index in [4.69, 9.17) is 16.7 Å². The molecular weight excluding hydrogens is 352 g/mol. The van der Waals surface area contributed by atoms with E-state index in [1.807, 2.05) is 6.07 Å². The quantitative estimate of drug-likeness (QED) is 0.769. The molecule has 1 aromatic carbocycles. The second kappa shape index (κ2) is 3.54. The van der Waals surface area contributed by atoms with Gasteiger partial charge in [0.15, 0.2) is 0 Å². The van der Waals surface area contributed by atoms with E-state index in [1.165, 1.54) is 6.07 Å². The van der Waals surface area contributed by atoms with Crippen LogP contribution in [0.2, 0.25) is 5.02 Å².